The minimum atomic E-state index is -0.551. The molecule has 4 nitrogen and oxygen atoms in total. The number of rotatable bonds is 4. The van der Waals surface area contributed by atoms with E-state index in [9.17, 15) is 9.59 Å². The van der Waals surface area contributed by atoms with Crippen LogP contribution >= 0.6 is 0 Å². The maximum absolute atomic E-state index is 13.0. The van der Waals surface area contributed by atoms with Crippen molar-refractivity contribution in [1.82, 2.24) is 10.6 Å². The molecule has 1 heterocycles. The van der Waals surface area contributed by atoms with Crippen LogP contribution in [0.25, 0.3) is 0 Å². The van der Waals surface area contributed by atoms with Crippen LogP contribution in [-0.2, 0) is 0 Å². The summed E-state index contributed by atoms with van der Waals surface area (Å²) in [5, 5.41) is 5.52. The van der Waals surface area contributed by atoms with Crippen molar-refractivity contribution in [2.45, 2.75) is 25.8 Å². The Morgan fingerprint density at radius 2 is 1.68 bits per heavy atom. The first-order valence-corrected chi connectivity index (χ1v) is 8.43. The lowest BCUT2D eigenvalue weighted by Crippen LogP contribution is -2.50. The summed E-state index contributed by atoms with van der Waals surface area (Å²) in [6, 6.07) is 16.4. The van der Waals surface area contributed by atoms with Gasteiger partial charge in [-0.25, -0.2) is 4.79 Å². The van der Waals surface area contributed by atoms with Gasteiger partial charge in [0, 0.05) is 11.3 Å². The van der Waals surface area contributed by atoms with E-state index in [1.54, 1.807) is 12.1 Å². The summed E-state index contributed by atoms with van der Waals surface area (Å²) in [5.41, 5.74) is 3.15. The lowest BCUT2D eigenvalue weighted by atomic mass is 9.83. The molecule has 0 spiro atoms. The van der Waals surface area contributed by atoms with Gasteiger partial charge in [-0.05, 0) is 17.0 Å². The van der Waals surface area contributed by atoms with Gasteiger partial charge in [0.2, 0.25) is 0 Å². The van der Waals surface area contributed by atoms with Crippen molar-refractivity contribution >= 4 is 11.8 Å². The molecule has 3 rings (SSSR count). The fourth-order valence-electron chi connectivity index (χ4n) is 3.14. The Labute approximate surface area is 148 Å². The first-order valence-electron chi connectivity index (χ1n) is 8.43. The molecule has 0 aromatic heterocycles. The molecule has 2 aromatic rings. The third kappa shape index (κ3) is 3.48. The summed E-state index contributed by atoms with van der Waals surface area (Å²) in [4.78, 5) is 25.0. The second kappa shape index (κ2) is 6.93. The van der Waals surface area contributed by atoms with Crippen LogP contribution in [0.4, 0.5) is 4.79 Å². The Hall–Kier alpha value is -2.88. The Morgan fingerprint density at radius 3 is 2.28 bits per heavy atom. The summed E-state index contributed by atoms with van der Waals surface area (Å²) in [5.74, 6) is -0.186. The van der Waals surface area contributed by atoms with Crippen LogP contribution in [0, 0.1) is 5.92 Å². The summed E-state index contributed by atoms with van der Waals surface area (Å²) in [7, 11) is 0. The summed E-state index contributed by atoms with van der Waals surface area (Å²) in [6.07, 6.45) is 0. The molecule has 4 heteroatoms. The van der Waals surface area contributed by atoms with Crippen molar-refractivity contribution in [2.24, 2.45) is 5.92 Å². The zero-order chi connectivity index (χ0) is 18.0. The van der Waals surface area contributed by atoms with Gasteiger partial charge in [0.05, 0.1) is 12.0 Å². The zero-order valence-electron chi connectivity index (χ0n) is 14.5. The highest BCUT2D eigenvalue weighted by Gasteiger charge is 2.37. The van der Waals surface area contributed by atoms with Crippen LogP contribution in [0.3, 0.4) is 0 Å². The predicted octanol–water partition coefficient (Wildman–Crippen LogP) is 4.18. The van der Waals surface area contributed by atoms with Crippen LogP contribution in [0.1, 0.15) is 47.3 Å². The molecule has 2 amide bonds. The van der Waals surface area contributed by atoms with Crippen molar-refractivity contribution in [2.75, 3.05) is 0 Å². The molecule has 0 unspecified atom stereocenters. The predicted molar refractivity (Wildman–Crippen MR) is 98.3 cm³/mol. The SMILES string of the molecule is C=C1NC(=O)N[C@H](c2ccc(C(C)C)cc2)[C@H]1C(=O)c1ccccc1. The standard InChI is InChI=1S/C21H22N2O2/c1-13(2)15-9-11-16(12-10-15)19-18(14(3)22-21(25)23-19)20(24)17-7-5-4-6-8-17/h4-13,18-19H,3H2,1-2H3,(H2,22,23,25)/t18-,19+/m0/s1. The minimum Gasteiger partial charge on any atom is -0.330 e. The molecular formula is C21H22N2O2. The number of ketones is 1. The van der Waals surface area contributed by atoms with E-state index in [-0.39, 0.29) is 11.8 Å². The maximum atomic E-state index is 13.0. The van der Waals surface area contributed by atoms with E-state index in [1.165, 1.54) is 5.56 Å². The first-order chi connectivity index (χ1) is 12.0. The van der Waals surface area contributed by atoms with Gasteiger partial charge in [0.15, 0.2) is 5.78 Å². The molecule has 0 saturated carbocycles. The average molecular weight is 334 g/mol. The Morgan fingerprint density at radius 1 is 1.04 bits per heavy atom. The van der Waals surface area contributed by atoms with E-state index in [0.29, 0.717) is 17.2 Å². The van der Waals surface area contributed by atoms with Gasteiger partial charge < -0.3 is 10.6 Å². The molecule has 0 bridgehead atoms. The van der Waals surface area contributed by atoms with Gasteiger partial charge in [-0.15, -0.1) is 0 Å². The minimum absolute atomic E-state index is 0.0592. The van der Waals surface area contributed by atoms with Crippen LogP contribution in [0.2, 0.25) is 0 Å². The van der Waals surface area contributed by atoms with Gasteiger partial charge in [-0.2, -0.15) is 0 Å². The molecule has 1 aliphatic rings. The van der Waals surface area contributed by atoms with Crippen molar-refractivity contribution in [1.29, 1.82) is 0 Å². The normalized spacial score (nSPS) is 20.1. The number of nitrogens with one attached hydrogen (secondary N) is 2. The number of carbonyl (C=O) groups excluding carboxylic acids is 2. The Kier molecular flexibility index (Phi) is 4.70. The summed E-state index contributed by atoms with van der Waals surface area (Å²) in [6.45, 7) is 8.18. The smallest absolute Gasteiger partial charge is 0.319 e. The van der Waals surface area contributed by atoms with E-state index in [4.69, 9.17) is 0 Å². The van der Waals surface area contributed by atoms with Crippen molar-refractivity contribution in [3.63, 3.8) is 0 Å². The van der Waals surface area contributed by atoms with E-state index >= 15 is 0 Å². The first kappa shape index (κ1) is 17.0. The molecule has 2 atom stereocenters. The molecule has 25 heavy (non-hydrogen) atoms. The van der Waals surface area contributed by atoms with Gasteiger partial charge in [0.1, 0.15) is 0 Å². The average Bonchev–Trinajstić information content (AvgIpc) is 2.61. The Balaban J connectivity index is 1.97. The molecule has 0 radical (unpaired) electrons. The fraction of sp³-hybridized carbons (Fsp3) is 0.238. The van der Waals surface area contributed by atoms with Gasteiger partial charge >= 0.3 is 6.03 Å². The highest BCUT2D eigenvalue weighted by atomic mass is 16.2. The molecule has 1 aliphatic heterocycles. The quantitative estimate of drug-likeness (QED) is 0.824. The van der Waals surface area contributed by atoms with Crippen molar-refractivity contribution in [3.8, 4) is 0 Å². The molecular weight excluding hydrogens is 312 g/mol. The number of hydrogen-bond donors (Lipinski definition) is 2. The van der Waals surface area contributed by atoms with Crippen LogP contribution < -0.4 is 10.6 Å². The molecule has 1 saturated heterocycles. The zero-order valence-corrected chi connectivity index (χ0v) is 14.5. The van der Waals surface area contributed by atoms with Crippen molar-refractivity contribution in [3.05, 3.63) is 83.6 Å². The van der Waals surface area contributed by atoms with Crippen LogP contribution in [0.5, 0.6) is 0 Å². The Bertz CT molecular complexity index is 794. The number of urea groups is 1. The van der Waals surface area contributed by atoms with E-state index in [1.807, 2.05) is 42.5 Å². The fourth-order valence-corrected chi connectivity index (χ4v) is 3.14. The van der Waals surface area contributed by atoms with E-state index < -0.39 is 12.0 Å². The number of benzene rings is 2. The summed E-state index contributed by atoms with van der Waals surface area (Å²) >= 11 is 0. The second-order valence-electron chi connectivity index (χ2n) is 6.63. The molecule has 128 valence electrons. The molecule has 1 fully saturated rings. The lowest BCUT2D eigenvalue weighted by molar-refractivity contribution is 0.0905. The number of amides is 2. The molecule has 2 N–H and O–H groups in total. The number of Topliss-reactive ketones (excluding diaryl/α,β-unsaturated/α-hetero) is 1. The van der Waals surface area contributed by atoms with Gasteiger partial charge in [0.25, 0.3) is 0 Å². The second-order valence-corrected chi connectivity index (χ2v) is 6.63. The van der Waals surface area contributed by atoms with Crippen molar-refractivity contribution < 1.29 is 9.59 Å². The topological polar surface area (TPSA) is 58.2 Å². The highest BCUT2D eigenvalue weighted by Crippen LogP contribution is 2.32. The lowest BCUT2D eigenvalue weighted by Gasteiger charge is -2.34. The third-order valence-electron chi connectivity index (χ3n) is 4.57. The van der Waals surface area contributed by atoms with Gasteiger partial charge in [-0.3, -0.25) is 4.79 Å². The van der Waals surface area contributed by atoms with E-state index in [0.717, 1.165) is 5.56 Å². The number of carbonyl (C=O) groups is 2. The van der Waals surface area contributed by atoms with E-state index in [2.05, 4.69) is 31.1 Å². The maximum Gasteiger partial charge on any atom is 0.319 e. The molecule has 0 aliphatic carbocycles. The van der Waals surface area contributed by atoms with Gasteiger partial charge in [-0.1, -0.05) is 75.0 Å². The number of hydrogen-bond acceptors (Lipinski definition) is 2. The molecule has 2 aromatic carbocycles. The third-order valence-corrected chi connectivity index (χ3v) is 4.57. The van der Waals surface area contributed by atoms with Crippen LogP contribution in [-0.4, -0.2) is 11.8 Å². The summed E-state index contributed by atoms with van der Waals surface area (Å²) < 4.78 is 0. The monoisotopic (exact) mass is 334 g/mol. The highest BCUT2D eigenvalue weighted by molar-refractivity contribution is 6.01. The van der Waals surface area contributed by atoms with Crippen LogP contribution in [0.15, 0.2) is 66.9 Å². The largest absolute Gasteiger partial charge is 0.330 e.